The van der Waals surface area contributed by atoms with E-state index in [4.69, 9.17) is 0 Å². The van der Waals surface area contributed by atoms with Crippen LogP contribution in [0.5, 0.6) is 0 Å². The van der Waals surface area contributed by atoms with Crippen LogP contribution in [0.2, 0.25) is 0 Å². The fraction of sp³-hybridized carbons (Fsp3) is 0.600. The number of pyridine rings is 1. The number of likely N-dealkylation sites (N-methyl/N-ethyl adjacent to an activating group) is 1. The topological polar surface area (TPSA) is 57.3 Å². The molecular weight excluding hydrogens is 271 g/mol. The van der Waals surface area contributed by atoms with Crippen LogP contribution in [0.1, 0.15) is 37.0 Å². The van der Waals surface area contributed by atoms with E-state index in [1.165, 1.54) is 12.5 Å². The van der Waals surface area contributed by atoms with E-state index in [1.807, 2.05) is 6.92 Å². The van der Waals surface area contributed by atoms with Gasteiger partial charge in [0.25, 0.3) is 5.91 Å². The third kappa shape index (κ3) is 3.91. The quantitative estimate of drug-likeness (QED) is 0.841. The summed E-state index contributed by atoms with van der Waals surface area (Å²) in [7, 11) is 0. The average Bonchev–Trinajstić information content (AvgIpc) is 2.94. The third-order valence-corrected chi connectivity index (χ3v) is 3.85. The lowest BCUT2D eigenvalue weighted by molar-refractivity contribution is 0.0941. The van der Waals surface area contributed by atoms with Gasteiger partial charge in [0.05, 0.1) is 11.8 Å². The molecule has 2 N–H and O–H groups in total. The van der Waals surface area contributed by atoms with E-state index < -0.39 is 5.82 Å². The maximum Gasteiger partial charge on any atom is 0.255 e. The Morgan fingerprint density at radius 2 is 2.33 bits per heavy atom. The van der Waals surface area contributed by atoms with Crippen molar-refractivity contribution in [2.75, 3.05) is 31.5 Å². The van der Waals surface area contributed by atoms with Crippen molar-refractivity contribution in [1.82, 2.24) is 15.2 Å². The second-order valence-corrected chi connectivity index (χ2v) is 5.21. The lowest BCUT2D eigenvalue weighted by Crippen LogP contribution is -2.40. The average molecular weight is 294 g/mol. The summed E-state index contributed by atoms with van der Waals surface area (Å²) >= 11 is 0. The van der Waals surface area contributed by atoms with Crippen molar-refractivity contribution in [3.63, 3.8) is 0 Å². The summed E-state index contributed by atoms with van der Waals surface area (Å²) in [4.78, 5) is 18.6. The number of aromatic nitrogens is 1. The van der Waals surface area contributed by atoms with Gasteiger partial charge < -0.3 is 10.6 Å². The van der Waals surface area contributed by atoms with E-state index in [-0.39, 0.29) is 11.5 Å². The maximum absolute atomic E-state index is 13.3. The highest BCUT2D eigenvalue weighted by Gasteiger charge is 2.24. The Morgan fingerprint density at radius 1 is 1.52 bits per heavy atom. The monoisotopic (exact) mass is 294 g/mol. The summed E-state index contributed by atoms with van der Waals surface area (Å²) in [6.45, 7) is 7.33. The zero-order chi connectivity index (χ0) is 15.2. The Bertz CT molecular complexity index is 495. The molecule has 6 heteroatoms. The Labute approximate surface area is 124 Å². The minimum atomic E-state index is -0.502. The van der Waals surface area contributed by atoms with Crippen LogP contribution in [-0.2, 0) is 0 Å². The minimum Gasteiger partial charge on any atom is -0.370 e. The number of hydrogen-bond donors (Lipinski definition) is 2. The second kappa shape index (κ2) is 7.36. The molecule has 5 nitrogen and oxygen atoms in total. The molecule has 1 aliphatic rings. The number of carbonyl (C=O) groups is 1. The van der Waals surface area contributed by atoms with Crippen molar-refractivity contribution < 1.29 is 9.18 Å². The van der Waals surface area contributed by atoms with Gasteiger partial charge in [-0.05, 0) is 38.9 Å². The molecule has 1 saturated heterocycles. The number of likely N-dealkylation sites (tertiary alicyclic amines) is 1. The summed E-state index contributed by atoms with van der Waals surface area (Å²) in [5, 5.41) is 5.89. The lowest BCUT2D eigenvalue weighted by atomic mass is 10.2. The van der Waals surface area contributed by atoms with Crippen LogP contribution in [0.25, 0.3) is 0 Å². The highest BCUT2D eigenvalue weighted by atomic mass is 19.1. The molecule has 0 aliphatic carbocycles. The Hall–Kier alpha value is -1.69. The maximum atomic E-state index is 13.3. The number of halogens is 1. The molecule has 1 atom stereocenters. The van der Waals surface area contributed by atoms with Crippen molar-refractivity contribution >= 4 is 11.7 Å². The van der Waals surface area contributed by atoms with Crippen LogP contribution in [0, 0.1) is 5.82 Å². The standard InChI is InChI=1S/C15H23FN4O/c1-3-17-14-13(8-11(16)9-18-14)15(21)19-10-12-6-5-7-20(12)4-2/h8-9,12H,3-7,10H2,1-2H3,(H,17,18)(H,19,21). The minimum absolute atomic E-state index is 0.262. The first-order chi connectivity index (χ1) is 10.2. The third-order valence-electron chi connectivity index (χ3n) is 3.85. The van der Waals surface area contributed by atoms with Crippen molar-refractivity contribution in [3.05, 3.63) is 23.6 Å². The second-order valence-electron chi connectivity index (χ2n) is 5.21. The SMILES string of the molecule is CCNc1ncc(F)cc1C(=O)NCC1CCCN1CC. The first-order valence-corrected chi connectivity index (χ1v) is 7.57. The van der Waals surface area contributed by atoms with Crippen LogP contribution >= 0.6 is 0 Å². The van der Waals surface area contributed by atoms with Gasteiger partial charge in [0, 0.05) is 19.1 Å². The molecule has 1 unspecified atom stereocenters. The Balaban J connectivity index is 2.01. The van der Waals surface area contributed by atoms with Gasteiger partial charge in [-0.2, -0.15) is 0 Å². The number of nitrogens with one attached hydrogen (secondary N) is 2. The lowest BCUT2D eigenvalue weighted by Gasteiger charge is -2.23. The fourth-order valence-electron chi connectivity index (χ4n) is 2.77. The van der Waals surface area contributed by atoms with Gasteiger partial charge in [0.15, 0.2) is 0 Å². The van der Waals surface area contributed by atoms with Gasteiger partial charge in [-0.3, -0.25) is 9.69 Å². The number of nitrogens with zero attached hydrogens (tertiary/aromatic N) is 2. The first kappa shape index (κ1) is 15.7. The summed E-state index contributed by atoms with van der Waals surface area (Å²) in [6, 6.07) is 1.61. The zero-order valence-corrected chi connectivity index (χ0v) is 12.7. The smallest absolute Gasteiger partial charge is 0.255 e. The molecule has 0 aromatic carbocycles. The van der Waals surface area contributed by atoms with Gasteiger partial charge in [0.2, 0.25) is 0 Å². The predicted molar refractivity (Wildman–Crippen MR) is 81.0 cm³/mol. The van der Waals surface area contributed by atoms with E-state index in [0.29, 0.717) is 24.9 Å². The molecule has 2 heterocycles. The number of rotatable bonds is 6. The number of anilines is 1. The molecule has 1 aromatic rings. The molecule has 0 radical (unpaired) electrons. The van der Waals surface area contributed by atoms with E-state index in [9.17, 15) is 9.18 Å². The molecule has 1 aliphatic heterocycles. The van der Waals surface area contributed by atoms with E-state index >= 15 is 0 Å². The fourth-order valence-corrected chi connectivity index (χ4v) is 2.77. The number of amides is 1. The molecule has 116 valence electrons. The summed E-state index contributed by atoms with van der Waals surface area (Å²) in [5.41, 5.74) is 0.262. The number of hydrogen-bond acceptors (Lipinski definition) is 4. The molecule has 1 amide bonds. The van der Waals surface area contributed by atoms with Crippen molar-refractivity contribution in [3.8, 4) is 0 Å². The summed E-state index contributed by atoms with van der Waals surface area (Å²) in [6.07, 6.45) is 3.37. The first-order valence-electron chi connectivity index (χ1n) is 7.57. The van der Waals surface area contributed by atoms with Gasteiger partial charge in [-0.1, -0.05) is 6.92 Å². The summed E-state index contributed by atoms with van der Waals surface area (Å²) in [5.74, 6) is -0.353. The zero-order valence-electron chi connectivity index (χ0n) is 12.7. The van der Waals surface area contributed by atoms with Crippen molar-refractivity contribution in [2.45, 2.75) is 32.7 Å². The van der Waals surface area contributed by atoms with Crippen LogP contribution < -0.4 is 10.6 Å². The molecule has 21 heavy (non-hydrogen) atoms. The molecule has 0 bridgehead atoms. The Morgan fingerprint density at radius 3 is 3.05 bits per heavy atom. The molecule has 1 aromatic heterocycles. The van der Waals surface area contributed by atoms with Gasteiger partial charge >= 0.3 is 0 Å². The van der Waals surface area contributed by atoms with Crippen molar-refractivity contribution in [2.24, 2.45) is 0 Å². The normalized spacial score (nSPS) is 18.7. The summed E-state index contributed by atoms with van der Waals surface area (Å²) < 4.78 is 13.3. The molecule has 0 spiro atoms. The number of carbonyl (C=O) groups excluding carboxylic acids is 1. The molecule has 1 fully saturated rings. The van der Waals surface area contributed by atoms with E-state index in [1.54, 1.807) is 0 Å². The van der Waals surface area contributed by atoms with Gasteiger partial charge in [0.1, 0.15) is 11.6 Å². The van der Waals surface area contributed by atoms with Gasteiger partial charge in [-0.15, -0.1) is 0 Å². The Kier molecular flexibility index (Phi) is 5.50. The van der Waals surface area contributed by atoms with E-state index in [0.717, 1.165) is 25.7 Å². The van der Waals surface area contributed by atoms with Crippen LogP contribution in [-0.4, -0.2) is 48.0 Å². The van der Waals surface area contributed by atoms with E-state index in [2.05, 4.69) is 27.4 Å². The predicted octanol–water partition coefficient (Wildman–Crippen LogP) is 1.87. The van der Waals surface area contributed by atoms with Gasteiger partial charge in [-0.25, -0.2) is 9.37 Å². The highest BCUT2D eigenvalue weighted by molar-refractivity contribution is 5.98. The van der Waals surface area contributed by atoms with Crippen LogP contribution in [0.3, 0.4) is 0 Å². The van der Waals surface area contributed by atoms with Crippen molar-refractivity contribution in [1.29, 1.82) is 0 Å². The molecular formula is C15H23FN4O. The van der Waals surface area contributed by atoms with Crippen LogP contribution in [0.15, 0.2) is 12.3 Å². The molecule has 0 saturated carbocycles. The highest BCUT2D eigenvalue weighted by Crippen LogP contribution is 2.17. The largest absolute Gasteiger partial charge is 0.370 e. The van der Waals surface area contributed by atoms with Crippen LogP contribution in [0.4, 0.5) is 10.2 Å². The molecule has 2 rings (SSSR count).